The molecule has 7 heteroatoms. The molecular formula is C21H37ClN4OS. The predicted molar refractivity (Wildman–Crippen MR) is 118 cm³/mol. The molecule has 1 saturated carbocycles. The van der Waals surface area contributed by atoms with Gasteiger partial charge in [-0.1, -0.05) is 13.3 Å². The summed E-state index contributed by atoms with van der Waals surface area (Å²) in [4.78, 5) is 7.32. The molecule has 1 aromatic rings. The minimum Gasteiger partial charge on any atom is -0.379 e. The number of hydrogen-bond donors (Lipinski definition) is 2. The van der Waals surface area contributed by atoms with Gasteiger partial charge in [0.1, 0.15) is 0 Å². The zero-order valence-corrected chi connectivity index (χ0v) is 18.8. The Bertz CT molecular complexity index is 573. The zero-order valence-electron chi connectivity index (χ0n) is 17.2. The van der Waals surface area contributed by atoms with Crippen LogP contribution in [0, 0.1) is 11.8 Å². The molecule has 2 saturated heterocycles. The molecule has 3 unspecified atom stereocenters. The lowest BCUT2D eigenvalue weighted by atomic mass is 9.92. The van der Waals surface area contributed by atoms with Crippen molar-refractivity contribution in [1.82, 2.24) is 20.5 Å². The molecule has 3 aliphatic rings. The summed E-state index contributed by atoms with van der Waals surface area (Å²) in [6.07, 6.45) is 7.76. The number of nitrogens with zero attached hydrogens (tertiary/aromatic N) is 2. The number of morpholine rings is 1. The first-order valence-electron chi connectivity index (χ1n) is 11.0. The number of nitrogens with one attached hydrogen (secondary N) is 2. The Balaban J connectivity index is 0.00000225. The summed E-state index contributed by atoms with van der Waals surface area (Å²) >= 11 is 1.81. The molecule has 3 atom stereocenters. The summed E-state index contributed by atoms with van der Waals surface area (Å²) in [5.74, 6) is 1.59. The van der Waals surface area contributed by atoms with Crippen LogP contribution in [-0.4, -0.2) is 61.4 Å². The van der Waals surface area contributed by atoms with E-state index in [0.717, 1.165) is 44.6 Å². The van der Waals surface area contributed by atoms with Crippen LogP contribution < -0.4 is 10.6 Å². The molecule has 4 rings (SSSR count). The summed E-state index contributed by atoms with van der Waals surface area (Å²) in [5, 5.41) is 11.2. The molecule has 2 aliphatic heterocycles. The van der Waals surface area contributed by atoms with Gasteiger partial charge in [0, 0.05) is 30.6 Å². The van der Waals surface area contributed by atoms with Crippen molar-refractivity contribution in [3.63, 3.8) is 0 Å². The molecule has 28 heavy (non-hydrogen) atoms. The van der Waals surface area contributed by atoms with Crippen molar-refractivity contribution in [1.29, 1.82) is 0 Å². The molecule has 3 heterocycles. The molecule has 0 amide bonds. The van der Waals surface area contributed by atoms with Gasteiger partial charge in [0.05, 0.1) is 23.9 Å². The molecule has 160 valence electrons. The lowest BCUT2D eigenvalue weighted by molar-refractivity contribution is 0.0519. The Hall–Kier alpha value is -0.240. The van der Waals surface area contributed by atoms with E-state index in [9.17, 15) is 0 Å². The highest BCUT2D eigenvalue weighted by atomic mass is 35.5. The Morgan fingerprint density at radius 3 is 2.86 bits per heavy atom. The standard InChI is InChI=1S/C21H36N4OS.ClH/c1-2-21-24-17(15-27-21)13-25-9-6-16(7-10-25)12-23-19-5-3-4-18(19)20-14-26-11-8-22-20;/h15-16,18-20,22-23H,2-14H2,1H3;1H. The molecule has 2 N–H and O–H groups in total. The maximum atomic E-state index is 5.71. The summed E-state index contributed by atoms with van der Waals surface area (Å²) in [6, 6.07) is 1.25. The highest BCUT2D eigenvalue weighted by Crippen LogP contribution is 2.30. The average molecular weight is 429 g/mol. The second-order valence-electron chi connectivity index (χ2n) is 8.55. The third-order valence-electron chi connectivity index (χ3n) is 6.70. The van der Waals surface area contributed by atoms with Crippen LogP contribution in [0.1, 0.15) is 49.7 Å². The van der Waals surface area contributed by atoms with E-state index in [0.29, 0.717) is 12.1 Å². The van der Waals surface area contributed by atoms with E-state index >= 15 is 0 Å². The lowest BCUT2D eigenvalue weighted by Crippen LogP contribution is -2.51. The van der Waals surface area contributed by atoms with E-state index in [1.165, 1.54) is 62.4 Å². The monoisotopic (exact) mass is 428 g/mol. The highest BCUT2D eigenvalue weighted by Gasteiger charge is 2.34. The molecule has 0 bridgehead atoms. The van der Waals surface area contributed by atoms with Gasteiger partial charge < -0.3 is 15.4 Å². The molecule has 0 radical (unpaired) electrons. The number of piperidine rings is 1. The topological polar surface area (TPSA) is 49.4 Å². The van der Waals surface area contributed by atoms with Gasteiger partial charge in [0.25, 0.3) is 0 Å². The van der Waals surface area contributed by atoms with Crippen molar-refractivity contribution in [2.45, 2.75) is 64.1 Å². The molecular weight excluding hydrogens is 392 g/mol. The number of rotatable bonds is 7. The van der Waals surface area contributed by atoms with Crippen LogP contribution in [0.3, 0.4) is 0 Å². The minimum absolute atomic E-state index is 0. The van der Waals surface area contributed by atoms with Gasteiger partial charge in [-0.05, 0) is 63.6 Å². The number of halogens is 1. The normalized spacial score (nSPS) is 29.7. The Kier molecular flexibility index (Phi) is 9.00. The third kappa shape index (κ3) is 5.89. The number of thiazole rings is 1. The van der Waals surface area contributed by atoms with Gasteiger partial charge in [-0.3, -0.25) is 4.90 Å². The van der Waals surface area contributed by atoms with E-state index in [4.69, 9.17) is 9.72 Å². The van der Waals surface area contributed by atoms with Crippen molar-refractivity contribution >= 4 is 23.7 Å². The summed E-state index contributed by atoms with van der Waals surface area (Å²) in [6.45, 7) is 9.65. The van der Waals surface area contributed by atoms with Crippen LogP contribution in [0.2, 0.25) is 0 Å². The second kappa shape index (κ2) is 11.2. The third-order valence-corrected chi connectivity index (χ3v) is 7.74. The van der Waals surface area contributed by atoms with Crippen molar-refractivity contribution in [3.8, 4) is 0 Å². The largest absolute Gasteiger partial charge is 0.379 e. The van der Waals surface area contributed by atoms with E-state index in [1.54, 1.807) is 0 Å². The lowest BCUT2D eigenvalue weighted by Gasteiger charge is -2.35. The summed E-state index contributed by atoms with van der Waals surface area (Å²) in [5.41, 5.74) is 1.27. The van der Waals surface area contributed by atoms with Gasteiger partial charge >= 0.3 is 0 Å². The van der Waals surface area contributed by atoms with Crippen LogP contribution in [-0.2, 0) is 17.7 Å². The van der Waals surface area contributed by atoms with Crippen molar-refractivity contribution < 1.29 is 4.74 Å². The fraction of sp³-hybridized carbons (Fsp3) is 0.857. The molecule has 0 aromatic carbocycles. The van der Waals surface area contributed by atoms with Crippen molar-refractivity contribution in [2.75, 3.05) is 39.4 Å². The maximum absolute atomic E-state index is 5.71. The predicted octanol–water partition coefficient (Wildman–Crippen LogP) is 3.09. The van der Waals surface area contributed by atoms with Crippen LogP contribution in [0.4, 0.5) is 0 Å². The molecule has 1 aromatic heterocycles. The van der Waals surface area contributed by atoms with Crippen LogP contribution in [0.5, 0.6) is 0 Å². The first kappa shape index (κ1) is 22.4. The van der Waals surface area contributed by atoms with E-state index in [-0.39, 0.29) is 12.4 Å². The Labute approximate surface area is 180 Å². The van der Waals surface area contributed by atoms with Crippen LogP contribution in [0.15, 0.2) is 5.38 Å². The van der Waals surface area contributed by atoms with Gasteiger partial charge in [-0.2, -0.15) is 0 Å². The van der Waals surface area contributed by atoms with Gasteiger partial charge in [0.15, 0.2) is 0 Å². The van der Waals surface area contributed by atoms with Crippen molar-refractivity contribution in [2.24, 2.45) is 11.8 Å². The number of aromatic nitrogens is 1. The van der Waals surface area contributed by atoms with Gasteiger partial charge in [-0.25, -0.2) is 4.98 Å². The first-order chi connectivity index (χ1) is 13.3. The Morgan fingerprint density at radius 1 is 1.29 bits per heavy atom. The Morgan fingerprint density at radius 2 is 2.14 bits per heavy atom. The molecule has 0 spiro atoms. The fourth-order valence-corrected chi connectivity index (χ4v) is 5.80. The van der Waals surface area contributed by atoms with Crippen molar-refractivity contribution in [3.05, 3.63) is 16.1 Å². The van der Waals surface area contributed by atoms with Crippen LogP contribution in [0.25, 0.3) is 0 Å². The number of hydrogen-bond acceptors (Lipinski definition) is 6. The quantitative estimate of drug-likeness (QED) is 0.698. The SMILES string of the molecule is CCc1nc(CN2CCC(CNC3CCCC3C3COCCN3)CC2)cs1.Cl. The summed E-state index contributed by atoms with van der Waals surface area (Å²) in [7, 11) is 0. The average Bonchev–Trinajstić information content (AvgIpc) is 3.37. The second-order valence-corrected chi connectivity index (χ2v) is 9.49. The summed E-state index contributed by atoms with van der Waals surface area (Å²) < 4.78 is 5.71. The van der Waals surface area contributed by atoms with Gasteiger partial charge in [-0.15, -0.1) is 23.7 Å². The number of likely N-dealkylation sites (tertiary alicyclic amines) is 1. The molecule has 1 aliphatic carbocycles. The van der Waals surface area contributed by atoms with E-state index in [1.807, 2.05) is 11.3 Å². The smallest absolute Gasteiger partial charge is 0.0926 e. The zero-order chi connectivity index (χ0) is 18.5. The minimum atomic E-state index is 0. The van der Waals surface area contributed by atoms with E-state index in [2.05, 4.69) is 27.8 Å². The molecule has 3 fully saturated rings. The maximum Gasteiger partial charge on any atom is 0.0926 e. The first-order valence-corrected chi connectivity index (χ1v) is 11.9. The highest BCUT2D eigenvalue weighted by molar-refractivity contribution is 7.09. The number of ether oxygens (including phenoxy) is 1. The van der Waals surface area contributed by atoms with Gasteiger partial charge in [0.2, 0.25) is 0 Å². The van der Waals surface area contributed by atoms with Crippen LogP contribution >= 0.6 is 23.7 Å². The number of aryl methyl sites for hydroxylation is 1. The van der Waals surface area contributed by atoms with E-state index < -0.39 is 0 Å². The molecule has 5 nitrogen and oxygen atoms in total. The fourth-order valence-electron chi connectivity index (χ4n) is 5.06.